The van der Waals surface area contributed by atoms with Crippen LogP contribution in [-0.4, -0.2) is 26.4 Å². The van der Waals surface area contributed by atoms with Gasteiger partial charge in [-0.3, -0.25) is 4.79 Å². The number of amides is 1. The zero-order valence-electron chi connectivity index (χ0n) is 21.3. The molecule has 0 saturated heterocycles. The molecule has 0 spiro atoms. The lowest BCUT2D eigenvalue weighted by Gasteiger charge is -2.13. The highest BCUT2D eigenvalue weighted by Gasteiger charge is 2.19. The highest BCUT2D eigenvalue weighted by atomic mass is 16.7. The summed E-state index contributed by atoms with van der Waals surface area (Å²) in [5.74, 6) is 2.71. The largest absolute Gasteiger partial charge is 0.496 e. The number of carbonyl (C=O) groups excluding carboxylic acids is 1. The van der Waals surface area contributed by atoms with Gasteiger partial charge in [0, 0.05) is 34.7 Å². The number of furan rings is 1. The maximum Gasteiger partial charge on any atom is 0.244 e. The summed E-state index contributed by atoms with van der Waals surface area (Å²) in [5, 5.41) is 3.89. The zero-order valence-corrected chi connectivity index (χ0v) is 21.3. The molecule has 0 saturated carbocycles. The summed E-state index contributed by atoms with van der Waals surface area (Å²) in [7, 11) is 1.63. The third-order valence-electron chi connectivity index (χ3n) is 6.40. The van der Waals surface area contributed by atoms with Crippen molar-refractivity contribution < 1.29 is 28.2 Å². The van der Waals surface area contributed by atoms with Gasteiger partial charge in [0.1, 0.15) is 17.1 Å². The van der Waals surface area contributed by atoms with Crippen LogP contribution in [-0.2, 0) is 11.3 Å². The van der Waals surface area contributed by atoms with E-state index in [-0.39, 0.29) is 12.7 Å². The summed E-state index contributed by atoms with van der Waals surface area (Å²) in [5.41, 5.74) is 6.15. The summed E-state index contributed by atoms with van der Waals surface area (Å²) in [6.45, 7) is 7.03. The van der Waals surface area contributed by atoms with Crippen molar-refractivity contribution in [2.45, 2.75) is 27.3 Å². The minimum atomic E-state index is -0.200. The molecule has 2 heterocycles. The maximum absolute atomic E-state index is 12.8. The van der Waals surface area contributed by atoms with Crippen LogP contribution in [0.5, 0.6) is 23.0 Å². The first kappa shape index (κ1) is 24.3. The summed E-state index contributed by atoms with van der Waals surface area (Å²) >= 11 is 0. The average Bonchev–Trinajstić information content (AvgIpc) is 3.55. The Kier molecular flexibility index (Phi) is 6.77. The molecule has 3 aromatic carbocycles. The van der Waals surface area contributed by atoms with Crippen LogP contribution < -0.4 is 24.3 Å². The molecule has 1 amide bonds. The van der Waals surface area contributed by atoms with Gasteiger partial charge in [0.2, 0.25) is 12.7 Å². The number of aryl methyl sites for hydroxylation is 1. The van der Waals surface area contributed by atoms with E-state index in [1.807, 2.05) is 69.3 Å². The fourth-order valence-electron chi connectivity index (χ4n) is 4.56. The third-order valence-corrected chi connectivity index (χ3v) is 6.40. The highest BCUT2D eigenvalue weighted by molar-refractivity contribution is 6.01. The number of nitrogens with one attached hydrogen (secondary N) is 1. The topological polar surface area (TPSA) is 79.2 Å². The molecule has 0 unspecified atom stereocenters. The first-order valence-electron chi connectivity index (χ1n) is 12.2. The van der Waals surface area contributed by atoms with Crippen LogP contribution in [0.1, 0.15) is 30.5 Å². The predicted molar refractivity (Wildman–Crippen MR) is 142 cm³/mol. The quantitative estimate of drug-likeness (QED) is 0.288. The average molecular weight is 500 g/mol. The summed E-state index contributed by atoms with van der Waals surface area (Å²) in [4.78, 5) is 12.8. The van der Waals surface area contributed by atoms with Gasteiger partial charge < -0.3 is 28.7 Å². The van der Waals surface area contributed by atoms with E-state index in [1.165, 1.54) is 0 Å². The smallest absolute Gasteiger partial charge is 0.244 e. The van der Waals surface area contributed by atoms with E-state index in [1.54, 1.807) is 19.4 Å². The van der Waals surface area contributed by atoms with Crippen LogP contribution in [0.2, 0.25) is 0 Å². The predicted octanol–water partition coefficient (Wildman–Crippen LogP) is 6.26. The molecule has 1 aromatic heterocycles. The van der Waals surface area contributed by atoms with E-state index in [0.717, 1.165) is 50.1 Å². The van der Waals surface area contributed by atoms with Gasteiger partial charge in [-0.05, 0) is 67.8 Å². The van der Waals surface area contributed by atoms with E-state index in [0.29, 0.717) is 30.4 Å². The minimum Gasteiger partial charge on any atom is -0.496 e. The number of carbonyl (C=O) groups is 1. The molecule has 0 aliphatic carbocycles. The number of methoxy groups -OCH3 is 1. The molecule has 7 nitrogen and oxygen atoms in total. The van der Waals surface area contributed by atoms with Crippen molar-refractivity contribution in [3.63, 3.8) is 0 Å². The van der Waals surface area contributed by atoms with E-state index in [9.17, 15) is 4.79 Å². The van der Waals surface area contributed by atoms with Crippen LogP contribution in [0.3, 0.4) is 0 Å². The molecule has 0 fully saturated rings. The lowest BCUT2D eigenvalue weighted by atomic mass is 9.96. The lowest BCUT2D eigenvalue weighted by molar-refractivity contribution is -0.116. The molecule has 190 valence electrons. The van der Waals surface area contributed by atoms with Crippen molar-refractivity contribution in [3.8, 4) is 34.1 Å². The number of allylic oxidation sites excluding steroid dienone is 1. The molecular weight excluding hydrogens is 470 g/mol. The van der Waals surface area contributed by atoms with Crippen molar-refractivity contribution in [1.82, 2.24) is 5.32 Å². The lowest BCUT2D eigenvalue weighted by Crippen LogP contribution is -2.20. The Morgan fingerprint density at radius 3 is 2.62 bits per heavy atom. The monoisotopic (exact) mass is 499 g/mol. The second-order valence-electron chi connectivity index (χ2n) is 8.80. The number of rotatable bonds is 8. The first-order chi connectivity index (χ1) is 18.0. The van der Waals surface area contributed by atoms with E-state index >= 15 is 0 Å². The maximum atomic E-state index is 12.8. The molecule has 4 aromatic rings. The van der Waals surface area contributed by atoms with Crippen molar-refractivity contribution in [2.24, 2.45) is 0 Å². The number of ether oxygens (including phenoxy) is 4. The first-order valence-corrected chi connectivity index (χ1v) is 12.2. The van der Waals surface area contributed by atoms with Gasteiger partial charge in [-0.2, -0.15) is 0 Å². The number of hydrogen-bond donors (Lipinski definition) is 1. The van der Waals surface area contributed by atoms with Gasteiger partial charge in [0.15, 0.2) is 11.5 Å². The van der Waals surface area contributed by atoms with Crippen LogP contribution in [0.4, 0.5) is 0 Å². The summed E-state index contributed by atoms with van der Waals surface area (Å²) in [6, 6.07) is 15.6. The number of benzene rings is 3. The van der Waals surface area contributed by atoms with Gasteiger partial charge in [-0.1, -0.05) is 18.2 Å². The number of hydrogen-bond acceptors (Lipinski definition) is 6. The zero-order chi connectivity index (χ0) is 25.9. The second-order valence-corrected chi connectivity index (χ2v) is 8.80. The van der Waals surface area contributed by atoms with Crippen LogP contribution in [0.25, 0.3) is 27.7 Å². The molecule has 7 heteroatoms. The molecule has 0 atom stereocenters. The Labute approximate surface area is 215 Å². The van der Waals surface area contributed by atoms with Gasteiger partial charge in [0.25, 0.3) is 0 Å². The van der Waals surface area contributed by atoms with Gasteiger partial charge in [-0.25, -0.2) is 0 Å². The Hall–Kier alpha value is -4.39. The van der Waals surface area contributed by atoms with E-state index < -0.39 is 0 Å². The molecule has 5 rings (SSSR count). The van der Waals surface area contributed by atoms with E-state index in [2.05, 4.69) is 5.32 Å². The van der Waals surface area contributed by atoms with Gasteiger partial charge in [-0.15, -0.1) is 0 Å². The molecule has 1 aliphatic rings. The standard InChI is InChI=1S/C30H29NO6/c1-5-34-22-9-7-21(8-10-22)25-16-35-30-19(3)29(33-4)23(14-24(25)30)18(2)12-28(32)31-15-20-6-11-26-27(13-20)37-17-36-26/h6-14,16H,5,15,17H2,1-4H3,(H,31,32)/b18-12+. The van der Waals surface area contributed by atoms with Crippen molar-refractivity contribution in [3.05, 3.63) is 77.6 Å². The molecule has 1 N–H and O–H groups in total. The van der Waals surface area contributed by atoms with Crippen LogP contribution in [0, 0.1) is 6.92 Å². The Morgan fingerprint density at radius 2 is 1.86 bits per heavy atom. The second kappa shape index (κ2) is 10.3. The molecule has 37 heavy (non-hydrogen) atoms. The SMILES string of the molecule is CCOc1ccc(-c2coc3c(C)c(OC)c(/C(C)=C/C(=O)NCc4ccc5c(c4)OCO5)cc23)cc1. The summed E-state index contributed by atoms with van der Waals surface area (Å²) in [6.07, 6.45) is 3.35. The van der Waals surface area contributed by atoms with Crippen LogP contribution in [0.15, 0.2) is 65.3 Å². The molecule has 0 bridgehead atoms. The normalized spacial score (nSPS) is 12.6. The van der Waals surface area contributed by atoms with Crippen molar-refractivity contribution in [2.75, 3.05) is 20.5 Å². The summed E-state index contributed by atoms with van der Waals surface area (Å²) < 4.78 is 28.0. The Balaban J connectivity index is 1.42. The number of fused-ring (bicyclic) bond motifs is 2. The van der Waals surface area contributed by atoms with Crippen LogP contribution >= 0.6 is 0 Å². The fourth-order valence-corrected chi connectivity index (χ4v) is 4.56. The fraction of sp³-hybridized carbons (Fsp3) is 0.233. The third kappa shape index (κ3) is 4.85. The van der Waals surface area contributed by atoms with Crippen molar-refractivity contribution >= 4 is 22.4 Å². The Bertz CT molecular complexity index is 1480. The molecule has 0 radical (unpaired) electrons. The van der Waals surface area contributed by atoms with Gasteiger partial charge in [0.05, 0.1) is 20.0 Å². The van der Waals surface area contributed by atoms with Crippen molar-refractivity contribution in [1.29, 1.82) is 0 Å². The Morgan fingerprint density at radius 1 is 1.08 bits per heavy atom. The molecule has 1 aliphatic heterocycles. The molecular formula is C30H29NO6. The minimum absolute atomic E-state index is 0.200. The highest BCUT2D eigenvalue weighted by Crippen LogP contribution is 2.41. The van der Waals surface area contributed by atoms with Gasteiger partial charge >= 0.3 is 0 Å². The van der Waals surface area contributed by atoms with E-state index in [4.69, 9.17) is 23.4 Å².